The summed E-state index contributed by atoms with van der Waals surface area (Å²) in [6, 6.07) is 21.5. The van der Waals surface area contributed by atoms with Crippen molar-refractivity contribution >= 4 is 24.8 Å². The fourth-order valence-electron chi connectivity index (χ4n) is 4.71. The van der Waals surface area contributed by atoms with E-state index in [4.69, 9.17) is 9.16 Å². The average molecular weight is 454 g/mol. The molecule has 0 radical (unpaired) electrons. The summed E-state index contributed by atoms with van der Waals surface area (Å²) < 4.78 is 12.7. The lowest BCUT2D eigenvalue weighted by molar-refractivity contribution is 0.0383. The molecule has 0 unspecified atom stereocenters. The summed E-state index contributed by atoms with van der Waals surface area (Å²) in [6.45, 7) is 15.3. The van der Waals surface area contributed by atoms with Gasteiger partial charge in [0.05, 0.1) is 18.7 Å². The summed E-state index contributed by atoms with van der Waals surface area (Å²) in [4.78, 5) is 14.7. The minimum Gasteiger partial charge on any atom is -0.444 e. The number of hydrogen-bond acceptors (Lipinski definition) is 3. The van der Waals surface area contributed by atoms with E-state index in [2.05, 4.69) is 88.4 Å². The Labute approximate surface area is 195 Å². The summed E-state index contributed by atoms with van der Waals surface area (Å²) in [6.07, 6.45) is 1.76. The molecule has 2 atom stereocenters. The lowest BCUT2D eigenvalue weighted by atomic mass is 10.2. The third-order valence-electron chi connectivity index (χ3n) is 6.15. The number of nitrogens with zero attached hydrogens (tertiary/aromatic N) is 1. The molecular formula is C27H39NO3Si. The number of ether oxygens (including phenoxy) is 1. The maximum absolute atomic E-state index is 12.8. The molecule has 2 aromatic rings. The second-order valence-corrected chi connectivity index (χ2v) is 15.1. The normalized spacial score (nSPS) is 19.0. The zero-order valence-electron chi connectivity index (χ0n) is 20.7. The Morgan fingerprint density at radius 1 is 0.875 bits per heavy atom. The first-order chi connectivity index (χ1) is 15.0. The van der Waals surface area contributed by atoms with Gasteiger partial charge in [0.2, 0.25) is 0 Å². The van der Waals surface area contributed by atoms with E-state index in [9.17, 15) is 4.79 Å². The Kier molecular flexibility index (Phi) is 7.20. The number of carbonyl (C=O) groups excluding carboxylic acids is 1. The van der Waals surface area contributed by atoms with Crippen LogP contribution in [0, 0.1) is 0 Å². The molecule has 32 heavy (non-hydrogen) atoms. The average Bonchev–Trinajstić information content (AvgIpc) is 3.41. The highest BCUT2D eigenvalue weighted by molar-refractivity contribution is 6.99. The molecular weight excluding hydrogens is 414 g/mol. The van der Waals surface area contributed by atoms with Crippen LogP contribution in [0.15, 0.2) is 60.7 Å². The number of hydrogen-bond donors (Lipinski definition) is 0. The van der Waals surface area contributed by atoms with Gasteiger partial charge in [-0.2, -0.15) is 0 Å². The third-order valence-corrected chi connectivity index (χ3v) is 11.2. The topological polar surface area (TPSA) is 38.5 Å². The van der Waals surface area contributed by atoms with Crippen molar-refractivity contribution < 1.29 is 14.0 Å². The van der Waals surface area contributed by atoms with Crippen LogP contribution >= 0.6 is 0 Å². The van der Waals surface area contributed by atoms with Crippen molar-refractivity contribution in [3.8, 4) is 0 Å². The highest BCUT2D eigenvalue weighted by Gasteiger charge is 2.56. The minimum atomic E-state index is -2.61. The Balaban J connectivity index is 1.93. The molecule has 3 rings (SSSR count). The molecule has 0 spiro atoms. The Bertz CT molecular complexity index is 847. The van der Waals surface area contributed by atoms with Crippen molar-refractivity contribution in [2.24, 2.45) is 0 Å². The van der Waals surface area contributed by atoms with Crippen LogP contribution in [0.25, 0.3) is 0 Å². The molecule has 1 aliphatic heterocycles. The lowest BCUT2D eigenvalue weighted by Crippen LogP contribution is -2.67. The molecule has 1 amide bonds. The van der Waals surface area contributed by atoms with Crippen LogP contribution in [-0.2, 0) is 9.16 Å². The monoisotopic (exact) mass is 453 g/mol. The van der Waals surface area contributed by atoms with Crippen LogP contribution in [-0.4, -0.2) is 43.6 Å². The summed E-state index contributed by atoms with van der Waals surface area (Å²) in [5.41, 5.74) is -0.500. The van der Waals surface area contributed by atoms with E-state index in [0.717, 1.165) is 12.8 Å². The van der Waals surface area contributed by atoms with Gasteiger partial charge in [0.25, 0.3) is 8.32 Å². The summed E-state index contributed by atoms with van der Waals surface area (Å²) in [7, 11) is -2.61. The van der Waals surface area contributed by atoms with E-state index in [1.807, 2.05) is 25.7 Å². The molecule has 0 aromatic heterocycles. The molecule has 1 saturated heterocycles. The van der Waals surface area contributed by atoms with Gasteiger partial charge < -0.3 is 9.16 Å². The van der Waals surface area contributed by atoms with Gasteiger partial charge in [0.15, 0.2) is 0 Å². The van der Waals surface area contributed by atoms with Gasteiger partial charge in [0.1, 0.15) is 5.60 Å². The van der Waals surface area contributed by atoms with Crippen molar-refractivity contribution in [3.05, 3.63) is 60.7 Å². The summed E-state index contributed by atoms with van der Waals surface area (Å²) >= 11 is 0. The number of carbonyl (C=O) groups is 1. The molecule has 0 bridgehead atoms. The molecule has 174 valence electrons. The van der Waals surface area contributed by atoms with E-state index < -0.39 is 13.9 Å². The molecule has 4 nitrogen and oxygen atoms in total. The Morgan fingerprint density at radius 3 is 1.78 bits per heavy atom. The van der Waals surface area contributed by atoms with Crippen LogP contribution < -0.4 is 10.4 Å². The van der Waals surface area contributed by atoms with Crippen LogP contribution in [0.1, 0.15) is 61.3 Å². The van der Waals surface area contributed by atoms with E-state index >= 15 is 0 Å². The fourth-order valence-corrected chi connectivity index (χ4v) is 9.29. The molecule has 0 aliphatic carbocycles. The van der Waals surface area contributed by atoms with Crippen molar-refractivity contribution in [2.45, 2.75) is 84.0 Å². The first kappa shape index (κ1) is 24.5. The maximum atomic E-state index is 12.8. The van der Waals surface area contributed by atoms with Crippen LogP contribution in [0.3, 0.4) is 0 Å². The zero-order valence-corrected chi connectivity index (χ0v) is 21.7. The van der Waals surface area contributed by atoms with Gasteiger partial charge in [-0.15, -0.1) is 0 Å². The zero-order chi connectivity index (χ0) is 23.6. The van der Waals surface area contributed by atoms with Crippen LogP contribution in [0.4, 0.5) is 4.79 Å². The molecule has 5 heteroatoms. The number of amides is 1. The van der Waals surface area contributed by atoms with Crippen LogP contribution in [0.5, 0.6) is 0 Å². The smallest absolute Gasteiger partial charge is 0.411 e. The van der Waals surface area contributed by atoms with E-state index in [0.29, 0.717) is 6.61 Å². The van der Waals surface area contributed by atoms with E-state index in [1.165, 1.54) is 10.4 Å². The second kappa shape index (κ2) is 9.40. The van der Waals surface area contributed by atoms with Gasteiger partial charge in [-0.1, -0.05) is 94.8 Å². The quantitative estimate of drug-likeness (QED) is 0.419. The van der Waals surface area contributed by atoms with Crippen molar-refractivity contribution in [3.63, 3.8) is 0 Å². The van der Waals surface area contributed by atoms with Gasteiger partial charge in [-0.3, -0.25) is 4.90 Å². The van der Waals surface area contributed by atoms with Crippen molar-refractivity contribution in [1.29, 1.82) is 0 Å². The Hall–Kier alpha value is -2.11. The van der Waals surface area contributed by atoms with E-state index in [1.54, 1.807) is 0 Å². The fraction of sp³-hybridized carbons (Fsp3) is 0.519. The highest BCUT2D eigenvalue weighted by Crippen LogP contribution is 2.40. The van der Waals surface area contributed by atoms with Gasteiger partial charge in [0, 0.05) is 0 Å². The van der Waals surface area contributed by atoms with Crippen molar-refractivity contribution in [1.82, 2.24) is 4.90 Å². The van der Waals surface area contributed by atoms with Gasteiger partial charge >= 0.3 is 6.09 Å². The predicted molar refractivity (Wildman–Crippen MR) is 134 cm³/mol. The maximum Gasteiger partial charge on any atom is 0.411 e. The first-order valence-corrected chi connectivity index (χ1v) is 13.7. The number of rotatable bonds is 7. The molecule has 0 saturated carbocycles. The highest BCUT2D eigenvalue weighted by atomic mass is 28.4. The molecule has 2 aromatic carbocycles. The minimum absolute atomic E-state index is 0.0615. The second-order valence-electron chi connectivity index (χ2n) is 10.8. The van der Waals surface area contributed by atoms with Gasteiger partial charge in [-0.25, -0.2) is 4.79 Å². The number of benzene rings is 2. The Morgan fingerprint density at radius 2 is 1.38 bits per heavy atom. The summed E-state index contributed by atoms with van der Waals surface area (Å²) in [5, 5.41) is 2.44. The molecule has 1 aliphatic rings. The lowest BCUT2D eigenvalue weighted by Gasteiger charge is -2.43. The van der Waals surface area contributed by atoms with E-state index in [-0.39, 0.29) is 23.2 Å². The first-order valence-electron chi connectivity index (χ1n) is 11.8. The summed E-state index contributed by atoms with van der Waals surface area (Å²) in [5.74, 6) is 0. The SMILES string of the molecule is CCC[C@@H]1[C@@H](CO[Si](c2ccccc2)(c2ccccc2)C(C)(C)C)N1C(=O)OC(C)(C)C. The third kappa shape index (κ3) is 5.10. The van der Waals surface area contributed by atoms with Gasteiger partial charge in [-0.05, 0) is 42.6 Å². The van der Waals surface area contributed by atoms with Crippen molar-refractivity contribution in [2.75, 3.05) is 6.61 Å². The molecule has 0 N–H and O–H groups in total. The predicted octanol–water partition coefficient (Wildman–Crippen LogP) is 5.35. The van der Waals surface area contributed by atoms with Crippen LogP contribution in [0.2, 0.25) is 5.04 Å². The standard InChI is InChI=1S/C27H39NO3Si/c1-8-15-23-24(28(23)25(29)31-26(2,3)4)20-30-32(27(5,6)7,21-16-11-9-12-17-21)22-18-13-10-14-19-22/h9-14,16-19,23-24H,8,15,20H2,1-7H3/t23-,24-,28?/m1/s1. The molecule has 1 heterocycles. The molecule has 1 fully saturated rings. The largest absolute Gasteiger partial charge is 0.444 e.